The van der Waals surface area contributed by atoms with Crippen molar-refractivity contribution in [1.82, 2.24) is 5.48 Å². The van der Waals surface area contributed by atoms with E-state index in [4.69, 9.17) is 9.94 Å². The van der Waals surface area contributed by atoms with Gasteiger partial charge in [0, 0.05) is 16.7 Å². The number of nitrogens with zero attached hydrogens (tertiary/aromatic N) is 1. The van der Waals surface area contributed by atoms with Gasteiger partial charge in [-0.3, -0.25) is 10.0 Å². The molecule has 0 aliphatic carbocycles. The Kier molecular flexibility index (Phi) is 5.28. The number of amides is 1. The van der Waals surface area contributed by atoms with Crippen LogP contribution in [0.5, 0.6) is 5.75 Å². The second-order valence-electron chi connectivity index (χ2n) is 5.67. The molecule has 2 N–H and O–H groups in total. The highest BCUT2D eigenvalue weighted by molar-refractivity contribution is 6.15. The van der Waals surface area contributed by atoms with E-state index in [1.165, 1.54) is 18.2 Å². The van der Waals surface area contributed by atoms with Crippen molar-refractivity contribution in [2.75, 3.05) is 0 Å². The van der Waals surface area contributed by atoms with Gasteiger partial charge in [0.25, 0.3) is 5.91 Å². The van der Waals surface area contributed by atoms with Gasteiger partial charge < -0.3 is 4.74 Å². The first-order valence-electron chi connectivity index (χ1n) is 8.18. The minimum absolute atomic E-state index is 0.280. The van der Waals surface area contributed by atoms with E-state index in [0.29, 0.717) is 34.0 Å². The van der Waals surface area contributed by atoms with E-state index in [2.05, 4.69) is 11.6 Å². The number of rotatable bonds is 4. The number of carbonyl (C=O) groups is 1. The van der Waals surface area contributed by atoms with E-state index in [1.54, 1.807) is 41.9 Å². The molecule has 0 saturated carbocycles. The van der Waals surface area contributed by atoms with Gasteiger partial charge in [-0.1, -0.05) is 24.8 Å². The maximum absolute atomic E-state index is 13.9. The lowest BCUT2D eigenvalue weighted by Gasteiger charge is -2.11. The van der Waals surface area contributed by atoms with E-state index in [-0.39, 0.29) is 5.56 Å². The summed E-state index contributed by atoms with van der Waals surface area (Å²) in [6.45, 7) is 5.61. The molecule has 0 aromatic heterocycles. The van der Waals surface area contributed by atoms with Crippen molar-refractivity contribution in [2.45, 2.75) is 6.92 Å². The molecule has 0 bridgehead atoms. The fourth-order valence-corrected chi connectivity index (χ4v) is 2.67. The number of ether oxygens (including phenoxy) is 1. The third-order valence-electron chi connectivity index (χ3n) is 3.93. The van der Waals surface area contributed by atoms with Gasteiger partial charge in [0.05, 0.1) is 5.71 Å². The first-order chi connectivity index (χ1) is 13.1. The zero-order chi connectivity index (χ0) is 19.4. The fraction of sp³-hybridized carbons (Fsp3) is 0.0476. The van der Waals surface area contributed by atoms with Crippen LogP contribution in [-0.4, -0.2) is 16.8 Å². The number of carbonyl (C=O) groups excluding carboxylic acids is 1. The van der Waals surface area contributed by atoms with E-state index in [1.807, 2.05) is 13.0 Å². The number of nitrogens with one attached hydrogen (secondary N) is 1. The minimum atomic E-state index is -0.623. The summed E-state index contributed by atoms with van der Waals surface area (Å²) in [6, 6.07) is 10.6. The van der Waals surface area contributed by atoms with Crippen molar-refractivity contribution < 1.29 is 19.1 Å². The van der Waals surface area contributed by atoms with Gasteiger partial charge in [0.15, 0.2) is 5.76 Å². The maximum Gasteiger partial charge on any atom is 0.274 e. The van der Waals surface area contributed by atoms with E-state index in [9.17, 15) is 9.18 Å². The average Bonchev–Trinajstić information content (AvgIpc) is 2.84. The topological polar surface area (TPSA) is 70.9 Å². The molecule has 27 heavy (non-hydrogen) atoms. The number of hydrogen-bond acceptors (Lipinski definition) is 4. The molecule has 0 spiro atoms. The average molecular weight is 364 g/mol. The first kappa shape index (κ1) is 18.3. The summed E-state index contributed by atoms with van der Waals surface area (Å²) in [6.07, 6.45) is 5.13. The second kappa shape index (κ2) is 7.80. The van der Waals surface area contributed by atoms with Crippen LogP contribution < -0.4 is 10.2 Å². The molecule has 1 aliphatic heterocycles. The smallest absolute Gasteiger partial charge is 0.274 e. The van der Waals surface area contributed by atoms with Gasteiger partial charge in [-0.05, 0) is 49.4 Å². The predicted octanol–water partition coefficient (Wildman–Crippen LogP) is 4.15. The van der Waals surface area contributed by atoms with Gasteiger partial charge in [-0.25, -0.2) is 14.9 Å². The van der Waals surface area contributed by atoms with Crippen LogP contribution in [0.25, 0.3) is 0 Å². The molecular formula is C21H17FN2O3. The maximum atomic E-state index is 13.9. The molecule has 1 aliphatic rings. The van der Waals surface area contributed by atoms with Gasteiger partial charge in [-0.2, -0.15) is 0 Å². The summed E-state index contributed by atoms with van der Waals surface area (Å²) < 4.78 is 19.8. The van der Waals surface area contributed by atoms with Crippen LogP contribution in [0.15, 0.2) is 83.7 Å². The number of allylic oxidation sites excluding steroid dienone is 3. The van der Waals surface area contributed by atoms with E-state index in [0.717, 1.165) is 0 Å². The molecule has 0 saturated heterocycles. The molecule has 3 rings (SSSR count). The van der Waals surface area contributed by atoms with Gasteiger partial charge in [0.2, 0.25) is 0 Å². The Labute approximate surface area is 155 Å². The standard InChI is InChI=1S/C21H17FN2O3/c1-3-5-17-18(4-2)27-19-11-10-15(22)12-16(19)20(23-17)13-6-8-14(9-7-13)21(25)24-26/h3-12,26H,2H2,1H3,(H,24,25)/b5-3-. The quantitative estimate of drug-likeness (QED) is 0.632. The lowest BCUT2D eigenvalue weighted by atomic mass is 9.99. The van der Waals surface area contributed by atoms with Crippen molar-refractivity contribution in [2.24, 2.45) is 4.99 Å². The number of benzene rings is 2. The van der Waals surface area contributed by atoms with Crippen molar-refractivity contribution in [1.29, 1.82) is 0 Å². The highest BCUT2D eigenvalue weighted by Gasteiger charge is 2.20. The fourth-order valence-electron chi connectivity index (χ4n) is 2.67. The minimum Gasteiger partial charge on any atom is -0.454 e. The SMILES string of the molecule is C=CC1=C(/C=C\C)N=C(c2ccc(C(=O)NO)cc2)c2cc(F)ccc2O1. The molecule has 5 nitrogen and oxygen atoms in total. The first-order valence-corrected chi connectivity index (χ1v) is 8.18. The summed E-state index contributed by atoms with van der Waals surface area (Å²) in [5, 5.41) is 8.75. The van der Waals surface area contributed by atoms with E-state index < -0.39 is 11.7 Å². The molecule has 0 unspecified atom stereocenters. The zero-order valence-electron chi connectivity index (χ0n) is 14.6. The van der Waals surface area contributed by atoms with Crippen LogP contribution in [0.2, 0.25) is 0 Å². The largest absolute Gasteiger partial charge is 0.454 e. The Hall–Kier alpha value is -3.51. The molecule has 2 aromatic carbocycles. The van der Waals surface area contributed by atoms with Crippen LogP contribution >= 0.6 is 0 Å². The van der Waals surface area contributed by atoms with E-state index >= 15 is 0 Å². The van der Waals surface area contributed by atoms with Crippen molar-refractivity contribution in [3.63, 3.8) is 0 Å². The van der Waals surface area contributed by atoms with Crippen LogP contribution in [0.3, 0.4) is 0 Å². The van der Waals surface area contributed by atoms with Gasteiger partial charge >= 0.3 is 0 Å². The molecule has 1 heterocycles. The Morgan fingerprint density at radius 3 is 2.63 bits per heavy atom. The summed E-state index contributed by atoms with van der Waals surface area (Å²) >= 11 is 0. The molecule has 0 radical (unpaired) electrons. The molecule has 2 aromatic rings. The van der Waals surface area contributed by atoms with Crippen LogP contribution in [-0.2, 0) is 0 Å². The Morgan fingerprint density at radius 2 is 2.00 bits per heavy atom. The molecule has 0 fully saturated rings. The number of halogens is 1. The number of fused-ring (bicyclic) bond motifs is 1. The summed E-state index contributed by atoms with van der Waals surface area (Å²) in [5.74, 6) is -0.146. The van der Waals surface area contributed by atoms with Crippen molar-refractivity contribution >= 4 is 11.6 Å². The summed E-state index contributed by atoms with van der Waals surface area (Å²) in [4.78, 5) is 16.2. The molecular weight excluding hydrogens is 347 g/mol. The number of hydrogen-bond donors (Lipinski definition) is 2. The second-order valence-corrected chi connectivity index (χ2v) is 5.67. The highest BCUT2D eigenvalue weighted by Crippen LogP contribution is 2.31. The predicted molar refractivity (Wildman–Crippen MR) is 100 cm³/mol. The van der Waals surface area contributed by atoms with Crippen LogP contribution in [0.4, 0.5) is 4.39 Å². The molecule has 6 heteroatoms. The summed E-state index contributed by atoms with van der Waals surface area (Å²) in [7, 11) is 0. The lowest BCUT2D eigenvalue weighted by molar-refractivity contribution is 0.0706. The zero-order valence-corrected chi connectivity index (χ0v) is 14.6. The summed E-state index contributed by atoms with van der Waals surface area (Å²) in [5.41, 5.74) is 4.03. The molecule has 1 amide bonds. The normalized spacial score (nSPS) is 13.5. The third-order valence-corrected chi connectivity index (χ3v) is 3.93. The van der Waals surface area contributed by atoms with Crippen molar-refractivity contribution in [3.8, 4) is 5.75 Å². The Balaban J connectivity index is 2.21. The number of hydroxylamine groups is 1. The monoisotopic (exact) mass is 364 g/mol. The third kappa shape index (κ3) is 3.70. The van der Waals surface area contributed by atoms with Gasteiger partial charge in [0.1, 0.15) is 17.3 Å². The van der Waals surface area contributed by atoms with Crippen molar-refractivity contribution in [3.05, 3.63) is 101 Å². The van der Waals surface area contributed by atoms with Gasteiger partial charge in [-0.15, -0.1) is 0 Å². The Bertz CT molecular complexity index is 989. The van der Waals surface area contributed by atoms with Crippen LogP contribution in [0.1, 0.15) is 28.4 Å². The highest BCUT2D eigenvalue weighted by atomic mass is 19.1. The van der Waals surface area contributed by atoms with Crippen LogP contribution in [0, 0.1) is 5.82 Å². The Morgan fingerprint density at radius 1 is 1.26 bits per heavy atom. The number of aliphatic imine (C=N–C) groups is 1. The molecule has 136 valence electrons. The molecule has 0 atom stereocenters. The lowest BCUT2D eigenvalue weighted by Crippen LogP contribution is -2.18.